The number of rotatable bonds is 7. The first-order valence-electron chi connectivity index (χ1n) is 10.3. The summed E-state index contributed by atoms with van der Waals surface area (Å²) in [4.78, 5) is 30.3. The summed E-state index contributed by atoms with van der Waals surface area (Å²) in [5.41, 5.74) is 1.42. The minimum atomic E-state index is -3.97. The maximum Gasteiger partial charge on any atom is 0.263 e. The van der Waals surface area contributed by atoms with Crippen LogP contribution in [0.15, 0.2) is 82.7 Å². The van der Waals surface area contributed by atoms with E-state index in [-0.39, 0.29) is 27.1 Å². The van der Waals surface area contributed by atoms with Crippen LogP contribution in [0.1, 0.15) is 15.9 Å². The van der Waals surface area contributed by atoms with Gasteiger partial charge in [0, 0.05) is 12.1 Å². The van der Waals surface area contributed by atoms with Gasteiger partial charge >= 0.3 is 0 Å². The molecular weight excluding hydrogens is 456 g/mol. The first-order valence-corrected chi connectivity index (χ1v) is 11.9. The van der Waals surface area contributed by atoms with Crippen LogP contribution in [0, 0.1) is 0 Å². The fourth-order valence-electron chi connectivity index (χ4n) is 3.62. The first-order chi connectivity index (χ1) is 16.3. The van der Waals surface area contributed by atoms with E-state index < -0.39 is 15.9 Å². The van der Waals surface area contributed by atoms with Crippen molar-refractivity contribution in [3.63, 3.8) is 0 Å². The Bertz CT molecular complexity index is 1550. The molecule has 0 fully saturated rings. The predicted molar refractivity (Wildman–Crippen MR) is 128 cm³/mol. The summed E-state index contributed by atoms with van der Waals surface area (Å²) in [6, 6.07) is 17.9. The minimum absolute atomic E-state index is 0.0870. The van der Waals surface area contributed by atoms with E-state index >= 15 is 0 Å². The quantitative estimate of drug-likeness (QED) is 0.419. The van der Waals surface area contributed by atoms with Crippen molar-refractivity contribution in [1.29, 1.82) is 0 Å². The molecule has 0 saturated heterocycles. The molecule has 1 aromatic heterocycles. The number of nitrogens with one attached hydrogen (secondary N) is 1. The number of carbonyl (C=O) groups is 1. The molecule has 34 heavy (non-hydrogen) atoms. The van der Waals surface area contributed by atoms with E-state index in [2.05, 4.69) is 10.3 Å². The van der Waals surface area contributed by atoms with Gasteiger partial charge in [0.15, 0.2) is 0 Å². The highest BCUT2D eigenvalue weighted by molar-refractivity contribution is 7.89. The van der Waals surface area contributed by atoms with Gasteiger partial charge in [-0.05, 0) is 48.4 Å². The molecule has 4 rings (SSSR count). The predicted octanol–water partition coefficient (Wildman–Crippen LogP) is 2.55. The van der Waals surface area contributed by atoms with Crippen LogP contribution in [0.2, 0.25) is 0 Å². The topological polar surface area (TPSA) is 133 Å². The summed E-state index contributed by atoms with van der Waals surface area (Å²) in [5, 5.41) is 8.10. The largest absolute Gasteiger partial charge is 0.496 e. The van der Waals surface area contributed by atoms with E-state index in [1.54, 1.807) is 25.3 Å². The molecule has 4 aromatic rings. The van der Waals surface area contributed by atoms with Gasteiger partial charge in [-0.15, -0.1) is 0 Å². The summed E-state index contributed by atoms with van der Waals surface area (Å²) in [7, 11) is -2.37. The van der Waals surface area contributed by atoms with Gasteiger partial charge in [-0.2, -0.15) is 0 Å². The minimum Gasteiger partial charge on any atom is -0.496 e. The number of aryl methyl sites for hydroxylation is 2. The number of amides is 1. The second kappa shape index (κ2) is 9.46. The van der Waals surface area contributed by atoms with Crippen molar-refractivity contribution in [3.8, 4) is 5.75 Å². The van der Waals surface area contributed by atoms with Crippen LogP contribution in [-0.4, -0.2) is 31.0 Å². The van der Waals surface area contributed by atoms with Crippen LogP contribution >= 0.6 is 0 Å². The third kappa shape index (κ3) is 4.82. The van der Waals surface area contributed by atoms with Crippen LogP contribution in [0.5, 0.6) is 5.75 Å². The number of ether oxygens (including phenoxy) is 1. The van der Waals surface area contributed by atoms with Gasteiger partial charge in [-0.1, -0.05) is 30.3 Å². The lowest BCUT2D eigenvalue weighted by atomic mass is 10.1. The SMILES string of the molecule is COc1ccccc1CCn1cnc2cccc(NC(=O)c3cccc(S(N)(=O)=O)c3)c2c1=O. The number of hydrogen-bond acceptors (Lipinski definition) is 6. The van der Waals surface area contributed by atoms with Gasteiger partial charge in [-0.25, -0.2) is 18.5 Å². The average Bonchev–Trinajstić information content (AvgIpc) is 2.83. The summed E-state index contributed by atoms with van der Waals surface area (Å²) in [6.07, 6.45) is 2.02. The number of hydrogen-bond donors (Lipinski definition) is 2. The standard InChI is InChI=1S/C24H22N4O5S/c1-33-21-11-3-2-6-16(21)12-13-28-15-26-19-9-5-10-20(22(19)24(28)30)27-23(29)17-7-4-8-18(14-17)34(25,31)32/h2-11,14-15H,12-13H2,1H3,(H,27,29)(H2,25,31,32). The number of benzene rings is 3. The number of anilines is 1. The van der Waals surface area contributed by atoms with Crippen LogP contribution in [0.25, 0.3) is 10.9 Å². The number of nitrogens with zero attached hydrogens (tertiary/aromatic N) is 2. The highest BCUT2D eigenvalue weighted by atomic mass is 32.2. The first kappa shape index (κ1) is 23.1. The van der Waals surface area contributed by atoms with Crippen molar-refractivity contribution in [2.45, 2.75) is 17.9 Å². The molecule has 174 valence electrons. The number of nitrogens with two attached hydrogens (primary N) is 1. The number of primary sulfonamides is 1. The molecule has 0 aliphatic carbocycles. The summed E-state index contributed by atoms with van der Waals surface area (Å²) in [6.45, 7) is 0.362. The lowest BCUT2D eigenvalue weighted by Crippen LogP contribution is -2.23. The smallest absolute Gasteiger partial charge is 0.263 e. The fraction of sp³-hybridized carbons (Fsp3) is 0.125. The highest BCUT2D eigenvalue weighted by Gasteiger charge is 2.15. The Kier molecular flexibility index (Phi) is 6.44. The van der Waals surface area contributed by atoms with Crippen molar-refractivity contribution in [1.82, 2.24) is 9.55 Å². The third-order valence-electron chi connectivity index (χ3n) is 5.34. The molecule has 0 unspecified atom stereocenters. The van der Waals surface area contributed by atoms with E-state index in [0.717, 1.165) is 11.3 Å². The second-order valence-electron chi connectivity index (χ2n) is 7.53. The van der Waals surface area contributed by atoms with Crippen molar-refractivity contribution in [3.05, 3.63) is 94.5 Å². The van der Waals surface area contributed by atoms with Gasteiger partial charge in [0.05, 0.1) is 34.9 Å². The van der Waals surface area contributed by atoms with E-state index in [0.29, 0.717) is 18.5 Å². The molecule has 0 spiro atoms. The van der Waals surface area contributed by atoms with Gasteiger partial charge in [0.25, 0.3) is 11.5 Å². The number of fused-ring (bicyclic) bond motifs is 1. The monoisotopic (exact) mass is 478 g/mol. The molecule has 1 heterocycles. The van der Waals surface area contributed by atoms with Crippen molar-refractivity contribution < 1.29 is 17.9 Å². The Balaban J connectivity index is 1.65. The molecule has 0 bridgehead atoms. The van der Waals surface area contributed by atoms with Gasteiger partial charge in [0.2, 0.25) is 10.0 Å². The van der Waals surface area contributed by atoms with E-state index in [9.17, 15) is 18.0 Å². The highest BCUT2D eigenvalue weighted by Crippen LogP contribution is 2.21. The fourth-order valence-corrected chi connectivity index (χ4v) is 4.18. The van der Waals surface area contributed by atoms with E-state index in [1.807, 2.05) is 24.3 Å². The zero-order valence-corrected chi connectivity index (χ0v) is 19.1. The van der Waals surface area contributed by atoms with E-state index in [4.69, 9.17) is 9.88 Å². The lowest BCUT2D eigenvalue weighted by molar-refractivity contribution is 0.102. The molecule has 0 radical (unpaired) electrons. The van der Waals surface area contributed by atoms with Crippen LogP contribution in [0.4, 0.5) is 5.69 Å². The second-order valence-corrected chi connectivity index (χ2v) is 9.09. The summed E-state index contributed by atoms with van der Waals surface area (Å²) in [5.74, 6) is 0.154. The molecule has 0 aliphatic heterocycles. The molecule has 10 heteroatoms. The Morgan fingerprint density at radius 3 is 2.62 bits per heavy atom. The molecule has 1 amide bonds. The summed E-state index contributed by atoms with van der Waals surface area (Å²) < 4.78 is 30.1. The number of carbonyl (C=O) groups excluding carboxylic acids is 1. The van der Waals surface area contributed by atoms with Gasteiger partial charge in [-0.3, -0.25) is 14.2 Å². The van der Waals surface area contributed by atoms with Crippen molar-refractivity contribution in [2.75, 3.05) is 12.4 Å². The van der Waals surface area contributed by atoms with Crippen molar-refractivity contribution >= 4 is 32.5 Å². The molecule has 3 aromatic carbocycles. The third-order valence-corrected chi connectivity index (χ3v) is 6.25. The molecule has 0 atom stereocenters. The van der Waals surface area contributed by atoms with Crippen LogP contribution < -0.4 is 20.8 Å². The molecule has 3 N–H and O–H groups in total. The van der Waals surface area contributed by atoms with Gasteiger partial charge < -0.3 is 10.1 Å². The molecule has 0 aliphatic rings. The Labute approximate surface area is 195 Å². The number of methoxy groups -OCH3 is 1. The van der Waals surface area contributed by atoms with Crippen molar-refractivity contribution in [2.24, 2.45) is 5.14 Å². The maximum atomic E-state index is 13.3. The zero-order chi connectivity index (χ0) is 24.3. The zero-order valence-electron chi connectivity index (χ0n) is 18.3. The normalized spacial score (nSPS) is 11.4. The van der Waals surface area contributed by atoms with Crippen LogP contribution in [-0.2, 0) is 23.0 Å². The number of para-hydroxylation sites is 1. The number of sulfonamides is 1. The van der Waals surface area contributed by atoms with Crippen LogP contribution in [0.3, 0.4) is 0 Å². The molecular formula is C24H22N4O5S. The maximum absolute atomic E-state index is 13.3. The van der Waals surface area contributed by atoms with E-state index in [1.165, 1.54) is 35.2 Å². The lowest BCUT2D eigenvalue weighted by Gasteiger charge is -2.12. The van der Waals surface area contributed by atoms with Gasteiger partial charge in [0.1, 0.15) is 5.75 Å². The average molecular weight is 479 g/mol. The Hall–Kier alpha value is -4.02. The molecule has 9 nitrogen and oxygen atoms in total. The summed E-state index contributed by atoms with van der Waals surface area (Å²) >= 11 is 0. The number of aromatic nitrogens is 2. The Morgan fingerprint density at radius 2 is 1.85 bits per heavy atom. The Morgan fingerprint density at radius 1 is 1.09 bits per heavy atom. The molecule has 0 saturated carbocycles.